The van der Waals surface area contributed by atoms with Crippen molar-refractivity contribution >= 4 is 23.4 Å². The SMILES string of the molecule is CC(C)NC(=O)CSCc1ccc([N+](=O)[O-])cc1. The molecule has 0 aliphatic heterocycles. The van der Waals surface area contributed by atoms with Gasteiger partial charge in [0, 0.05) is 23.9 Å². The number of rotatable bonds is 6. The van der Waals surface area contributed by atoms with Crippen LogP contribution >= 0.6 is 11.8 Å². The van der Waals surface area contributed by atoms with E-state index in [0.29, 0.717) is 11.5 Å². The normalized spacial score (nSPS) is 10.4. The number of nitrogens with zero attached hydrogens (tertiary/aromatic N) is 1. The summed E-state index contributed by atoms with van der Waals surface area (Å²) in [5.41, 5.74) is 1.06. The molecule has 5 nitrogen and oxygen atoms in total. The van der Waals surface area contributed by atoms with E-state index >= 15 is 0 Å². The molecule has 1 rings (SSSR count). The van der Waals surface area contributed by atoms with Gasteiger partial charge in [0.2, 0.25) is 5.91 Å². The molecule has 0 aliphatic carbocycles. The minimum atomic E-state index is -0.424. The third-order valence-corrected chi connectivity index (χ3v) is 3.10. The highest BCUT2D eigenvalue weighted by atomic mass is 32.2. The fourth-order valence-corrected chi connectivity index (χ4v) is 2.14. The van der Waals surface area contributed by atoms with Crippen LogP contribution in [-0.4, -0.2) is 22.6 Å². The predicted molar refractivity (Wildman–Crippen MR) is 72.5 cm³/mol. The van der Waals surface area contributed by atoms with E-state index in [-0.39, 0.29) is 17.6 Å². The van der Waals surface area contributed by atoms with Crippen molar-refractivity contribution in [3.05, 3.63) is 39.9 Å². The summed E-state index contributed by atoms with van der Waals surface area (Å²) >= 11 is 1.49. The van der Waals surface area contributed by atoms with Gasteiger partial charge < -0.3 is 5.32 Å². The molecule has 0 spiro atoms. The summed E-state index contributed by atoms with van der Waals surface area (Å²) in [5.74, 6) is 1.08. The van der Waals surface area contributed by atoms with E-state index in [0.717, 1.165) is 5.56 Å². The third-order valence-electron chi connectivity index (χ3n) is 2.10. The molecule has 1 aromatic carbocycles. The van der Waals surface area contributed by atoms with Crippen LogP contribution in [-0.2, 0) is 10.5 Å². The van der Waals surface area contributed by atoms with Crippen molar-refractivity contribution in [2.75, 3.05) is 5.75 Å². The molecule has 0 heterocycles. The molecule has 98 valence electrons. The first-order valence-corrected chi connectivity index (χ1v) is 6.75. The summed E-state index contributed by atoms with van der Waals surface area (Å²) in [4.78, 5) is 21.4. The maximum Gasteiger partial charge on any atom is 0.269 e. The maximum atomic E-state index is 11.4. The highest BCUT2D eigenvalue weighted by molar-refractivity contribution is 7.99. The zero-order chi connectivity index (χ0) is 13.5. The lowest BCUT2D eigenvalue weighted by molar-refractivity contribution is -0.384. The Hall–Kier alpha value is -1.56. The molecule has 0 saturated carbocycles. The molecule has 1 N–H and O–H groups in total. The van der Waals surface area contributed by atoms with Crippen molar-refractivity contribution in [2.45, 2.75) is 25.6 Å². The van der Waals surface area contributed by atoms with E-state index in [1.165, 1.54) is 23.9 Å². The first kappa shape index (κ1) is 14.5. The Morgan fingerprint density at radius 1 is 1.39 bits per heavy atom. The van der Waals surface area contributed by atoms with E-state index in [1.807, 2.05) is 13.8 Å². The van der Waals surface area contributed by atoms with E-state index in [1.54, 1.807) is 12.1 Å². The highest BCUT2D eigenvalue weighted by Gasteiger charge is 2.06. The van der Waals surface area contributed by atoms with Crippen molar-refractivity contribution in [2.24, 2.45) is 0 Å². The fourth-order valence-electron chi connectivity index (χ4n) is 1.34. The number of hydrogen-bond donors (Lipinski definition) is 1. The second-order valence-electron chi connectivity index (χ2n) is 4.14. The Morgan fingerprint density at radius 2 is 2.00 bits per heavy atom. The Labute approximate surface area is 110 Å². The van der Waals surface area contributed by atoms with Gasteiger partial charge in [-0.25, -0.2) is 0 Å². The summed E-state index contributed by atoms with van der Waals surface area (Å²) in [6.45, 7) is 3.83. The lowest BCUT2D eigenvalue weighted by atomic mass is 10.2. The summed E-state index contributed by atoms with van der Waals surface area (Å²) in [7, 11) is 0. The zero-order valence-corrected chi connectivity index (χ0v) is 11.2. The number of carbonyl (C=O) groups excluding carboxylic acids is 1. The molecule has 1 aromatic rings. The van der Waals surface area contributed by atoms with Crippen LogP contribution in [0, 0.1) is 10.1 Å². The molecule has 6 heteroatoms. The van der Waals surface area contributed by atoms with Crippen molar-refractivity contribution in [3.8, 4) is 0 Å². The van der Waals surface area contributed by atoms with Crippen molar-refractivity contribution < 1.29 is 9.72 Å². The molecule has 0 saturated heterocycles. The molecule has 0 fully saturated rings. The summed E-state index contributed by atoms with van der Waals surface area (Å²) in [6.07, 6.45) is 0. The second kappa shape index (κ2) is 7.00. The van der Waals surface area contributed by atoms with Gasteiger partial charge in [-0.3, -0.25) is 14.9 Å². The molecule has 18 heavy (non-hydrogen) atoms. The molecule has 0 unspecified atom stereocenters. The Kier molecular flexibility index (Phi) is 5.64. The lowest BCUT2D eigenvalue weighted by Crippen LogP contribution is -2.31. The summed E-state index contributed by atoms with van der Waals surface area (Å²) < 4.78 is 0. The number of nitro benzene ring substituents is 1. The van der Waals surface area contributed by atoms with Gasteiger partial charge in [0.1, 0.15) is 0 Å². The van der Waals surface area contributed by atoms with Crippen molar-refractivity contribution in [1.29, 1.82) is 0 Å². The van der Waals surface area contributed by atoms with Gasteiger partial charge in [-0.1, -0.05) is 12.1 Å². The number of carbonyl (C=O) groups is 1. The van der Waals surface area contributed by atoms with Gasteiger partial charge in [0.25, 0.3) is 5.69 Å². The van der Waals surface area contributed by atoms with E-state index in [9.17, 15) is 14.9 Å². The molecule has 0 bridgehead atoms. The summed E-state index contributed by atoms with van der Waals surface area (Å²) in [6, 6.07) is 6.53. The Balaban J connectivity index is 2.35. The zero-order valence-electron chi connectivity index (χ0n) is 10.4. The molecular weight excluding hydrogens is 252 g/mol. The average Bonchev–Trinajstić information content (AvgIpc) is 2.28. The van der Waals surface area contributed by atoms with Crippen molar-refractivity contribution in [3.63, 3.8) is 0 Å². The number of nitrogens with one attached hydrogen (secondary N) is 1. The molecular formula is C12H16N2O3S. The summed E-state index contributed by atoms with van der Waals surface area (Å²) in [5, 5.41) is 13.3. The number of hydrogen-bond acceptors (Lipinski definition) is 4. The smallest absolute Gasteiger partial charge is 0.269 e. The average molecular weight is 268 g/mol. The van der Waals surface area contributed by atoms with Gasteiger partial charge in [0.05, 0.1) is 10.7 Å². The number of non-ortho nitro benzene ring substituents is 1. The number of nitro groups is 1. The Morgan fingerprint density at radius 3 is 2.50 bits per heavy atom. The van der Waals surface area contributed by atoms with E-state index in [2.05, 4.69) is 5.32 Å². The second-order valence-corrected chi connectivity index (χ2v) is 5.12. The number of amides is 1. The first-order chi connectivity index (χ1) is 8.49. The van der Waals surface area contributed by atoms with Gasteiger partial charge in [-0.05, 0) is 19.4 Å². The van der Waals surface area contributed by atoms with Gasteiger partial charge in [-0.2, -0.15) is 0 Å². The van der Waals surface area contributed by atoms with Crippen LogP contribution in [0.4, 0.5) is 5.69 Å². The van der Waals surface area contributed by atoms with Crippen LogP contribution < -0.4 is 5.32 Å². The number of benzene rings is 1. The molecule has 0 atom stereocenters. The van der Waals surface area contributed by atoms with E-state index < -0.39 is 4.92 Å². The van der Waals surface area contributed by atoms with Crippen LogP contribution in [0.1, 0.15) is 19.4 Å². The molecule has 0 aliphatic rings. The maximum absolute atomic E-state index is 11.4. The molecule has 0 aromatic heterocycles. The quantitative estimate of drug-likeness (QED) is 0.635. The monoisotopic (exact) mass is 268 g/mol. The largest absolute Gasteiger partial charge is 0.353 e. The van der Waals surface area contributed by atoms with Crippen LogP contribution in [0.3, 0.4) is 0 Å². The topological polar surface area (TPSA) is 72.2 Å². The minimum Gasteiger partial charge on any atom is -0.353 e. The standard InChI is InChI=1S/C12H16N2O3S/c1-9(2)13-12(15)8-18-7-10-3-5-11(6-4-10)14(16)17/h3-6,9H,7-8H2,1-2H3,(H,13,15). The predicted octanol–water partition coefficient (Wildman–Crippen LogP) is 2.35. The minimum absolute atomic E-state index is 0.0110. The van der Waals surface area contributed by atoms with Crippen LogP contribution in [0.25, 0.3) is 0 Å². The molecule has 0 radical (unpaired) electrons. The van der Waals surface area contributed by atoms with Crippen LogP contribution in [0.15, 0.2) is 24.3 Å². The Bertz CT molecular complexity index is 418. The molecule has 1 amide bonds. The van der Waals surface area contributed by atoms with Crippen LogP contribution in [0.2, 0.25) is 0 Å². The third kappa shape index (κ3) is 5.18. The highest BCUT2D eigenvalue weighted by Crippen LogP contribution is 2.16. The van der Waals surface area contributed by atoms with Crippen LogP contribution in [0.5, 0.6) is 0 Å². The van der Waals surface area contributed by atoms with E-state index in [4.69, 9.17) is 0 Å². The van der Waals surface area contributed by atoms with Gasteiger partial charge in [0.15, 0.2) is 0 Å². The van der Waals surface area contributed by atoms with Crippen molar-refractivity contribution in [1.82, 2.24) is 5.32 Å². The first-order valence-electron chi connectivity index (χ1n) is 5.59. The fraction of sp³-hybridized carbons (Fsp3) is 0.417. The van der Waals surface area contributed by atoms with Gasteiger partial charge in [-0.15, -0.1) is 11.8 Å². The van der Waals surface area contributed by atoms with Gasteiger partial charge >= 0.3 is 0 Å². The lowest BCUT2D eigenvalue weighted by Gasteiger charge is -2.07. The number of thioether (sulfide) groups is 1.